The van der Waals surface area contributed by atoms with E-state index in [1.165, 1.54) is 4.90 Å². The number of hydrogen-bond donors (Lipinski definition) is 3. The first-order valence-electron chi connectivity index (χ1n) is 14.6. The Morgan fingerprint density at radius 2 is 1.63 bits per heavy atom. The Labute approximate surface area is 246 Å². The lowest BCUT2D eigenvalue weighted by molar-refractivity contribution is -0.145. The fourth-order valence-electron chi connectivity index (χ4n) is 4.60. The highest BCUT2D eigenvalue weighted by Gasteiger charge is 2.40. The Balaban J connectivity index is 3.75. The number of primary amides is 1. The molecule has 0 aliphatic carbocycles. The van der Waals surface area contributed by atoms with Gasteiger partial charge in [-0.3, -0.25) is 14.4 Å². The molecule has 0 aliphatic heterocycles. The van der Waals surface area contributed by atoms with E-state index in [2.05, 4.69) is 30.4 Å². The molecule has 0 heterocycles. The van der Waals surface area contributed by atoms with Crippen LogP contribution in [0.25, 0.3) is 0 Å². The fraction of sp³-hybridized carbons (Fsp3) is 0.625. The molecule has 0 bridgehead atoms. The largest absolute Gasteiger partial charge is 0.444 e. The maximum absolute atomic E-state index is 14.4. The highest BCUT2D eigenvalue weighted by molar-refractivity contribution is 5.93. The van der Waals surface area contributed by atoms with Gasteiger partial charge >= 0.3 is 6.09 Å². The maximum atomic E-state index is 14.4. The van der Waals surface area contributed by atoms with Crippen LogP contribution in [0.15, 0.2) is 24.3 Å². The summed E-state index contributed by atoms with van der Waals surface area (Å²) in [6, 6.07) is 4.24. The number of nitrogens with two attached hydrogens (primary N) is 1. The van der Waals surface area contributed by atoms with E-state index < -0.39 is 41.6 Å². The first-order chi connectivity index (χ1) is 19.1. The molecule has 4 N–H and O–H groups in total. The lowest BCUT2D eigenvalue weighted by atomic mass is 9.93. The van der Waals surface area contributed by atoms with Crippen LogP contribution < -0.4 is 16.4 Å². The zero-order valence-electron chi connectivity index (χ0n) is 26.1. The van der Waals surface area contributed by atoms with E-state index in [1.807, 2.05) is 20.8 Å². The molecule has 0 saturated carbocycles. The van der Waals surface area contributed by atoms with Gasteiger partial charge in [-0.15, -0.1) is 6.42 Å². The number of alkyl carbamates (subject to hydrolysis) is 1. The topological polar surface area (TPSA) is 131 Å². The number of carbonyl (C=O) groups excluding carboxylic acids is 4. The Morgan fingerprint density at radius 1 is 1.00 bits per heavy atom. The summed E-state index contributed by atoms with van der Waals surface area (Å²) in [6.45, 7) is 15.1. The van der Waals surface area contributed by atoms with Gasteiger partial charge < -0.3 is 26.0 Å². The molecule has 9 nitrogen and oxygen atoms in total. The van der Waals surface area contributed by atoms with Crippen molar-refractivity contribution in [1.29, 1.82) is 0 Å². The van der Waals surface area contributed by atoms with Crippen LogP contribution in [0.3, 0.4) is 0 Å². The van der Waals surface area contributed by atoms with Crippen molar-refractivity contribution in [3.05, 3.63) is 35.4 Å². The first kappa shape index (κ1) is 35.5. The zero-order valence-corrected chi connectivity index (χ0v) is 26.1. The van der Waals surface area contributed by atoms with Crippen molar-refractivity contribution in [2.45, 2.75) is 124 Å². The van der Waals surface area contributed by atoms with Crippen molar-refractivity contribution in [3.63, 3.8) is 0 Å². The monoisotopic (exact) mass is 570 g/mol. The summed E-state index contributed by atoms with van der Waals surface area (Å²) in [7, 11) is 0. The minimum atomic E-state index is -1.17. The third kappa shape index (κ3) is 12.2. The number of benzene rings is 1. The van der Waals surface area contributed by atoms with Crippen LogP contribution in [0.2, 0.25) is 0 Å². The highest BCUT2D eigenvalue weighted by atomic mass is 16.6. The van der Waals surface area contributed by atoms with Gasteiger partial charge in [0, 0.05) is 24.1 Å². The van der Waals surface area contributed by atoms with Gasteiger partial charge in [-0.2, -0.15) is 0 Å². The number of rotatable bonds is 15. The van der Waals surface area contributed by atoms with E-state index in [0.717, 1.165) is 19.3 Å². The fourth-order valence-corrected chi connectivity index (χ4v) is 4.60. The summed E-state index contributed by atoms with van der Waals surface area (Å²) in [5, 5.41) is 5.69. The minimum absolute atomic E-state index is 0.0574. The van der Waals surface area contributed by atoms with Gasteiger partial charge in [0.25, 0.3) is 0 Å². The third-order valence-electron chi connectivity index (χ3n) is 6.61. The van der Waals surface area contributed by atoms with Gasteiger partial charge in [-0.1, -0.05) is 51.3 Å². The lowest BCUT2D eigenvalue weighted by Gasteiger charge is -2.39. The lowest BCUT2D eigenvalue weighted by Crippen LogP contribution is -2.56. The van der Waals surface area contributed by atoms with E-state index in [9.17, 15) is 19.2 Å². The molecule has 4 amide bonds. The van der Waals surface area contributed by atoms with Crippen molar-refractivity contribution < 1.29 is 23.9 Å². The normalized spacial score (nSPS) is 14.2. The molecule has 9 heteroatoms. The molecule has 0 radical (unpaired) electrons. The number of nitrogens with one attached hydrogen (secondary N) is 2. The van der Waals surface area contributed by atoms with Gasteiger partial charge in [-0.05, 0) is 77.8 Å². The molecule has 4 unspecified atom stereocenters. The van der Waals surface area contributed by atoms with Crippen molar-refractivity contribution >= 4 is 23.8 Å². The molecule has 0 aliphatic rings. The van der Waals surface area contributed by atoms with Crippen LogP contribution in [-0.2, 0) is 19.1 Å². The van der Waals surface area contributed by atoms with Gasteiger partial charge in [0.05, 0.1) is 0 Å². The van der Waals surface area contributed by atoms with Crippen LogP contribution in [0, 0.1) is 18.3 Å². The Hall–Kier alpha value is -3.54. The summed E-state index contributed by atoms with van der Waals surface area (Å²) in [6.07, 6.45) is 7.86. The molecule has 4 atom stereocenters. The van der Waals surface area contributed by atoms with E-state index in [4.69, 9.17) is 16.9 Å². The van der Waals surface area contributed by atoms with Crippen LogP contribution >= 0.6 is 0 Å². The molecule has 228 valence electrons. The Morgan fingerprint density at radius 3 is 2.17 bits per heavy atom. The van der Waals surface area contributed by atoms with Gasteiger partial charge in [0.2, 0.25) is 17.7 Å². The quantitative estimate of drug-likeness (QED) is 0.260. The average molecular weight is 571 g/mol. The summed E-state index contributed by atoms with van der Waals surface area (Å²) in [4.78, 5) is 54.5. The molecule has 0 saturated heterocycles. The van der Waals surface area contributed by atoms with Crippen LogP contribution in [0.4, 0.5) is 4.79 Å². The Bertz CT molecular complexity index is 1070. The number of terminal acetylenes is 1. The van der Waals surface area contributed by atoms with Crippen LogP contribution in [0.5, 0.6) is 0 Å². The average Bonchev–Trinajstić information content (AvgIpc) is 2.86. The number of amides is 4. The second kappa shape index (κ2) is 16.7. The predicted molar refractivity (Wildman–Crippen MR) is 162 cm³/mol. The van der Waals surface area contributed by atoms with Crippen LogP contribution in [0.1, 0.15) is 111 Å². The molecule has 41 heavy (non-hydrogen) atoms. The molecule has 0 aromatic heterocycles. The number of nitrogens with zero attached hydrogens (tertiary/aromatic N) is 1. The molecule has 0 spiro atoms. The second-order valence-electron chi connectivity index (χ2n) is 12.1. The molecule has 1 aromatic rings. The van der Waals surface area contributed by atoms with Crippen LogP contribution in [-0.4, -0.2) is 52.4 Å². The molecular weight excluding hydrogens is 520 g/mol. The van der Waals surface area contributed by atoms with E-state index in [0.29, 0.717) is 23.5 Å². The Kier molecular flexibility index (Phi) is 14.4. The molecule has 1 aromatic carbocycles. The van der Waals surface area contributed by atoms with Gasteiger partial charge in [-0.25, -0.2) is 4.79 Å². The van der Waals surface area contributed by atoms with Crippen molar-refractivity contribution in [1.82, 2.24) is 15.5 Å². The van der Waals surface area contributed by atoms with Crippen molar-refractivity contribution in [3.8, 4) is 12.3 Å². The minimum Gasteiger partial charge on any atom is -0.444 e. The first-order valence-corrected chi connectivity index (χ1v) is 14.6. The SMILES string of the molecule is C#Cc1ccccc1C(C(=O)NC(C)CCC)N(C(=O)C(CCC(N)=O)NC(=O)OC(C)(C)C)C(C)CCC(C)C. The molecule has 1 rings (SSSR count). The summed E-state index contributed by atoms with van der Waals surface area (Å²) in [5.74, 6) is 1.49. The molecule has 0 fully saturated rings. The maximum Gasteiger partial charge on any atom is 0.408 e. The van der Waals surface area contributed by atoms with Gasteiger partial charge in [0.15, 0.2) is 0 Å². The summed E-state index contributed by atoms with van der Waals surface area (Å²) in [5.41, 5.74) is 5.60. The zero-order chi connectivity index (χ0) is 31.3. The predicted octanol–water partition coefficient (Wildman–Crippen LogP) is 4.83. The van der Waals surface area contributed by atoms with E-state index >= 15 is 0 Å². The highest BCUT2D eigenvalue weighted by Crippen LogP contribution is 2.30. The number of hydrogen-bond acceptors (Lipinski definition) is 5. The van der Waals surface area contributed by atoms with Crippen molar-refractivity contribution in [2.75, 3.05) is 0 Å². The third-order valence-corrected chi connectivity index (χ3v) is 6.61. The number of ether oxygens (including phenoxy) is 1. The smallest absolute Gasteiger partial charge is 0.408 e. The van der Waals surface area contributed by atoms with E-state index in [1.54, 1.807) is 45.0 Å². The summed E-state index contributed by atoms with van der Waals surface area (Å²) < 4.78 is 5.41. The summed E-state index contributed by atoms with van der Waals surface area (Å²) >= 11 is 0. The van der Waals surface area contributed by atoms with Crippen molar-refractivity contribution in [2.24, 2.45) is 11.7 Å². The van der Waals surface area contributed by atoms with Gasteiger partial charge in [0.1, 0.15) is 17.7 Å². The second-order valence-corrected chi connectivity index (χ2v) is 12.1. The number of carbonyl (C=O) groups is 4. The molecular formula is C32H50N4O5. The standard InChI is InChI=1S/C32H50N4O5/c1-10-14-22(5)34-29(38)28(25-16-13-12-15-24(25)11-2)36(23(6)18-17-21(3)4)30(39)26(19-20-27(33)37)35-31(40)41-32(7,8)9/h2,12-13,15-16,21-23,26,28H,10,14,17-20H2,1,3-9H3,(H2,33,37)(H,34,38)(H,35,40). The van der Waals surface area contributed by atoms with E-state index in [-0.39, 0.29) is 24.8 Å².